The minimum absolute atomic E-state index is 0.0529. The van der Waals surface area contributed by atoms with E-state index in [1.807, 2.05) is 18.2 Å². The van der Waals surface area contributed by atoms with E-state index in [2.05, 4.69) is 24.6 Å². The van der Waals surface area contributed by atoms with Crippen molar-refractivity contribution in [3.05, 3.63) is 30.1 Å². The van der Waals surface area contributed by atoms with Gasteiger partial charge in [0.25, 0.3) is 0 Å². The first-order chi connectivity index (χ1) is 6.53. The van der Waals surface area contributed by atoms with Crippen LogP contribution in [0.5, 0.6) is 0 Å². The molecule has 1 atom stereocenters. The maximum Gasteiger partial charge on any atom is 0.184 e. The summed E-state index contributed by atoms with van der Waals surface area (Å²) in [5, 5.41) is 0. The molecule has 0 aromatic carbocycles. The zero-order chi connectivity index (χ0) is 10.6. The molecule has 14 heavy (non-hydrogen) atoms. The van der Waals surface area contributed by atoms with Crippen LogP contribution in [0.4, 0.5) is 0 Å². The highest BCUT2D eigenvalue weighted by Gasteiger charge is 2.21. The van der Waals surface area contributed by atoms with Gasteiger partial charge in [-0.2, -0.15) is 0 Å². The van der Waals surface area contributed by atoms with E-state index in [9.17, 15) is 0 Å². The van der Waals surface area contributed by atoms with Gasteiger partial charge >= 0.3 is 0 Å². The molecule has 3 nitrogen and oxygen atoms in total. The van der Waals surface area contributed by atoms with E-state index in [0.29, 0.717) is 6.54 Å². The van der Waals surface area contributed by atoms with Crippen molar-refractivity contribution in [3.63, 3.8) is 0 Å². The first-order valence-corrected chi connectivity index (χ1v) is 8.22. The van der Waals surface area contributed by atoms with Crippen molar-refractivity contribution in [1.29, 1.82) is 0 Å². The summed E-state index contributed by atoms with van der Waals surface area (Å²) in [6, 6.07) is 5.81. The Hall–Kier alpha value is -0.713. The molecule has 0 aliphatic rings. The van der Waals surface area contributed by atoms with Crippen LogP contribution in [0, 0.1) is 0 Å². The number of hydrogen-bond acceptors (Lipinski definition) is 3. The van der Waals surface area contributed by atoms with Crippen LogP contribution < -0.4 is 5.73 Å². The van der Waals surface area contributed by atoms with Crippen LogP contribution in [-0.2, 0) is 4.43 Å². The standard InChI is InChI=1S/C10H18N2OSi/c1-14(2,3)13-10(8-11)9-6-4-5-7-12-9/h4-7,10H,8,11H2,1-3H3. The minimum atomic E-state index is -1.54. The predicted molar refractivity (Wildman–Crippen MR) is 60.5 cm³/mol. The molecule has 0 fully saturated rings. The fraction of sp³-hybridized carbons (Fsp3) is 0.500. The van der Waals surface area contributed by atoms with Gasteiger partial charge in [-0.25, -0.2) is 0 Å². The Bertz CT molecular complexity index is 271. The molecule has 1 aromatic heterocycles. The van der Waals surface area contributed by atoms with Crippen molar-refractivity contribution in [2.24, 2.45) is 5.73 Å². The summed E-state index contributed by atoms with van der Waals surface area (Å²) in [6.07, 6.45) is 1.72. The molecule has 0 spiro atoms. The van der Waals surface area contributed by atoms with Crippen molar-refractivity contribution in [2.75, 3.05) is 6.54 Å². The van der Waals surface area contributed by atoms with E-state index < -0.39 is 8.32 Å². The van der Waals surface area contributed by atoms with Crippen LogP contribution in [-0.4, -0.2) is 19.8 Å². The van der Waals surface area contributed by atoms with E-state index in [1.54, 1.807) is 6.20 Å². The number of nitrogens with zero attached hydrogens (tertiary/aromatic N) is 1. The molecule has 0 aliphatic heterocycles. The molecule has 4 heteroatoms. The van der Waals surface area contributed by atoms with Crippen LogP contribution in [0.3, 0.4) is 0 Å². The third-order valence-electron chi connectivity index (χ3n) is 1.73. The van der Waals surface area contributed by atoms with Gasteiger partial charge in [0.2, 0.25) is 0 Å². The van der Waals surface area contributed by atoms with Crippen LogP contribution in [0.25, 0.3) is 0 Å². The van der Waals surface area contributed by atoms with Crippen molar-refractivity contribution in [2.45, 2.75) is 25.7 Å². The maximum atomic E-state index is 5.92. The Morgan fingerprint density at radius 2 is 2.14 bits per heavy atom. The summed E-state index contributed by atoms with van der Waals surface area (Å²) in [6.45, 7) is 6.94. The van der Waals surface area contributed by atoms with Gasteiger partial charge in [0.05, 0.1) is 11.8 Å². The number of hydrogen-bond donors (Lipinski definition) is 1. The Morgan fingerprint density at radius 3 is 2.57 bits per heavy atom. The smallest absolute Gasteiger partial charge is 0.184 e. The number of nitrogens with two attached hydrogens (primary N) is 1. The molecule has 0 saturated heterocycles. The van der Waals surface area contributed by atoms with Gasteiger partial charge in [-0.1, -0.05) is 6.07 Å². The van der Waals surface area contributed by atoms with Gasteiger partial charge in [-0.3, -0.25) is 4.98 Å². The normalized spacial score (nSPS) is 14.0. The second-order valence-electron chi connectivity index (χ2n) is 4.21. The molecular formula is C10H18N2OSi. The molecule has 0 aliphatic carbocycles. The summed E-state index contributed by atoms with van der Waals surface area (Å²) in [5.41, 5.74) is 6.60. The SMILES string of the molecule is C[Si](C)(C)OC(CN)c1ccccn1. The predicted octanol–water partition coefficient (Wildman–Crippen LogP) is 1.93. The number of aromatic nitrogens is 1. The summed E-state index contributed by atoms with van der Waals surface area (Å²) >= 11 is 0. The lowest BCUT2D eigenvalue weighted by molar-refractivity contribution is 0.201. The fourth-order valence-corrected chi connectivity index (χ4v) is 2.29. The quantitative estimate of drug-likeness (QED) is 0.773. The van der Waals surface area contributed by atoms with E-state index in [-0.39, 0.29) is 6.10 Å². The molecule has 1 rings (SSSR count). The third-order valence-corrected chi connectivity index (χ3v) is 2.72. The Kier molecular flexibility index (Phi) is 3.80. The van der Waals surface area contributed by atoms with Gasteiger partial charge < -0.3 is 10.2 Å². The lowest BCUT2D eigenvalue weighted by Crippen LogP contribution is -2.31. The Morgan fingerprint density at radius 1 is 1.43 bits per heavy atom. The molecule has 78 valence electrons. The van der Waals surface area contributed by atoms with Crippen LogP contribution >= 0.6 is 0 Å². The molecule has 2 N–H and O–H groups in total. The zero-order valence-corrected chi connectivity index (χ0v) is 10.0. The minimum Gasteiger partial charge on any atom is -0.408 e. The summed E-state index contributed by atoms with van der Waals surface area (Å²) in [4.78, 5) is 4.25. The molecule has 0 bridgehead atoms. The highest BCUT2D eigenvalue weighted by atomic mass is 28.4. The molecule has 0 amide bonds. The lowest BCUT2D eigenvalue weighted by Gasteiger charge is -2.24. The van der Waals surface area contributed by atoms with Crippen molar-refractivity contribution < 1.29 is 4.43 Å². The van der Waals surface area contributed by atoms with Crippen LogP contribution in [0.2, 0.25) is 19.6 Å². The highest BCUT2D eigenvalue weighted by Crippen LogP contribution is 2.18. The number of rotatable bonds is 4. The second-order valence-corrected chi connectivity index (χ2v) is 8.67. The van der Waals surface area contributed by atoms with Gasteiger partial charge in [-0.15, -0.1) is 0 Å². The van der Waals surface area contributed by atoms with Crippen molar-refractivity contribution in [3.8, 4) is 0 Å². The zero-order valence-electron chi connectivity index (χ0n) is 9.03. The molecule has 0 saturated carbocycles. The molecular weight excluding hydrogens is 192 g/mol. The number of pyridine rings is 1. The first-order valence-electron chi connectivity index (χ1n) is 4.82. The van der Waals surface area contributed by atoms with Gasteiger partial charge in [0.1, 0.15) is 0 Å². The molecule has 1 heterocycles. The molecule has 1 aromatic rings. The lowest BCUT2D eigenvalue weighted by atomic mass is 10.2. The summed E-state index contributed by atoms with van der Waals surface area (Å²) in [7, 11) is -1.54. The maximum absolute atomic E-state index is 5.92. The van der Waals surface area contributed by atoms with E-state index in [1.165, 1.54) is 0 Å². The van der Waals surface area contributed by atoms with E-state index >= 15 is 0 Å². The van der Waals surface area contributed by atoms with E-state index in [4.69, 9.17) is 10.2 Å². The van der Waals surface area contributed by atoms with Crippen LogP contribution in [0.15, 0.2) is 24.4 Å². The summed E-state index contributed by atoms with van der Waals surface area (Å²) < 4.78 is 5.92. The van der Waals surface area contributed by atoms with Gasteiger partial charge in [0, 0.05) is 12.7 Å². The van der Waals surface area contributed by atoms with Crippen molar-refractivity contribution >= 4 is 8.32 Å². The van der Waals surface area contributed by atoms with Gasteiger partial charge in [-0.05, 0) is 31.8 Å². The largest absolute Gasteiger partial charge is 0.408 e. The highest BCUT2D eigenvalue weighted by molar-refractivity contribution is 6.69. The van der Waals surface area contributed by atoms with Crippen molar-refractivity contribution in [1.82, 2.24) is 4.98 Å². The Balaban J connectivity index is 2.73. The average Bonchev–Trinajstić information content (AvgIpc) is 2.14. The molecule has 0 radical (unpaired) electrons. The average molecular weight is 210 g/mol. The monoisotopic (exact) mass is 210 g/mol. The summed E-state index contributed by atoms with van der Waals surface area (Å²) in [5.74, 6) is 0. The van der Waals surface area contributed by atoms with Crippen LogP contribution in [0.1, 0.15) is 11.8 Å². The fourth-order valence-electron chi connectivity index (χ4n) is 1.22. The topological polar surface area (TPSA) is 48.1 Å². The van der Waals surface area contributed by atoms with Gasteiger partial charge in [0.15, 0.2) is 8.32 Å². The van der Waals surface area contributed by atoms with E-state index in [0.717, 1.165) is 5.69 Å². The Labute approximate surface area is 86.4 Å². The first kappa shape index (κ1) is 11.4. The second kappa shape index (κ2) is 4.68. The molecule has 1 unspecified atom stereocenters. The third kappa shape index (κ3) is 3.57.